The van der Waals surface area contributed by atoms with Gasteiger partial charge in [0, 0.05) is 5.56 Å². The van der Waals surface area contributed by atoms with Crippen LogP contribution in [-0.4, -0.2) is 0 Å². The Morgan fingerprint density at radius 1 is 1.03 bits per heavy atom. The zero-order chi connectivity index (χ0) is 20.6. The van der Waals surface area contributed by atoms with Crippen molar-refractivity contribution in [2.45, 2.75) is 51.4 Å². The Kier molecular flexibility index (Phi) is 7.20. The largest absolute Gasteiger partial charge is 0.205 e. The molecule has 29 heavy (non-hydrogen) atoms. The Labute approximate surface area is 172 Å². The van der Waals surface area contributed by atoms with Crippen molar-refractivity contribution < 1.29 is 8.78 Å². The van der Waals surface area contributed by atoms with E-state index in [1.165, 1.54) is 36.5 Å². The van der Waals surface area contributed by atoms with Gasteiger partial charge < -0.3 is 0 Å². The Hall–Kier alpha value is -2.91. The number of aryl methyl sites for hydroxylation is 1. The SMILES string of the molecule is CCCc1ccc(C2CCC(/C=C/C#Cc3cc(F)c(C#N)c(F)c3)CC2)cc1. The molecule has 0 amide bonds. The lowest BCUT2D eigenvalue weighted by atomic mass is 9.78. The normalized spacial score (nSPS) is 18.8. The number of hydrogen-bond donors (Lipinski definition) is 0. The number of nitriles is 1. The van der Waals surface area contributed by atoms with Gasteiger partial charge in [0.05, 0.1) is 0 Å². The molecule has 0 spiro atoms. The predicted octanol–water partition coefficient (Wildman–Crippen LogP) is 6.67. The van der Waals surface area contributed by atoms with E-state index in [0.29, 0.717) is 11.8 Å². The second kappa shape index (κ2) is 10.0. The summed E-state index contributed by atoms with van der Waals surface area (Å²) in [5.41, 5.74) is 2.52. The molecule has 148 valence electrons. The van der Waals surface area contributed by atoms with Crippen LogP contribution < -0.4 is 0 Å². The maximum absolute atomic E-state index is 13.6. The van der Waals surface area contributed by atoms with Gasteiger partial charge in [-0.15, -0.1) is 0 Å². The third kappa shape index (κ3) is 5.55. The zero-order valence-corrected chi connectivity index (χ0v) is 16.7. The number of nitrogens with zero attached hydrogens (tertiary/aromatic N) is 1. The lowest BCUT2D eigenvalue weighted by molar-refractivity contribution is 0.376. The van der Waals surface area contributed by atoms with E-state index in [0.717, 1.165) is 31.4 Å². The highest BCUT2D eigenvalue weighted by atomic mass is 19.1. The van der Waals surface area contributed by atoms with Crippen LogP contribution >= 0.6 is 0 Å². The summed E-state index contributed by atoms with van der Waals surface area (Å²) in [6, 6.07) is 12.8. The molecule has 1 nitrogen and oxygen atoms in total. The lowest BCUT2D eigenvalue weighted by Crippen LogP contribution is -2.11. The molecule has 0 saturated heterocycles. The highest BCUT2D eigenvalue weighted by Gasteiger charge is 2.20. The van der Waals surface area contributed by atoms with Crippen LogP contribution in [0.1, 0.15) is 67.2 Å². The maximum atomic E-state index is 13.6. The van der Waals surface area contributed by atoms with Gasteiger partial charge >= 0.3 is 0 Å². The zero-order valence-electron chi connectivity index (χ0n) is 16.7. The summed E-state index contributed by atoms with van der Waals surface area (Å²) in [6.07, 6.45) is 10.8. The van der Waals surface area contributed by atoms with E-state index >= 15 is 0 Å². The number of rotatable bonds is 4. The van der Waals surface area contributed by atoms with Gasteiger partial charge in [0.25, 0.3) is 0 Å². The van der Waals surface area contributed by atoms with Crippen molar-refractivity contribution in [2.24, 2.45) is 5.92 Å². The average Bonchev–Trinajstić information content (AvgIpc) is 2.72. The number of allylic oxidation sites excluding steroid dienone is 2. The van der Waals surface area contributed by atoms with Crippen LogP contribution in [0, 0.1) is 40.7 Å². The van der Waals surface area contributed by atoms with Crippen molar-refractivity contribution in [3.05, 3.63) is 82.4 Å². The molecule has 2 aromatic carbocycles. The van der Waals surface area contributed by atoms with E-state index in [1.54, 1.807) is 6.08 Å². The van der Waals surface area contributed by atoms with Crippen molar-refractivity contribution in [3.63, 3.8) is 0 Å². The van der Waals surface area contributed by atoms with Crippen molar-refractivity contribution in [2.75, 3.05) is 0 Å². The van der Waals surface area contributed by atoms with Crippen LogP contribution in [-0.2, 0) is 6.42 Å². The van der Waals surface area contributed by atoms with Crippen LogP contribution in [0.25, 0.3) is 0 Å². The Morgan fingerprint density at radius 3 is 2.28 bits per heavy atom. The molecule has 3 heteroatoms. The fraction of sp³-hybridized carbons (Fsp3) is 0.346. The monoisotopic (exact) mass is 389 g/mol. The molecule has 2 aromatic rings. The van der Waals surface area contributed by atoms with E-state index in [4.69, 9.17) is 5.26 Å². The molecule has 0 N–H and O–H groups in total. The molecule has 0 bridgehead atoms. The molecule has 0 aromatic heterocycles. The second-order valence-electron chi connectivity index (χ2n) is 7.66. The molecule has 0 heterocycles. The first-order chi connectivity index (χ1) is 14.1. The van der Waals surface area contributed by atoms with E-state index in [2.05, 4.69) is 49.1 Å². The third-order valence-corrected chi connectivity index (χ3v) is 5.58. The molecule has 0 radical (unpaired) electrons. The minimum absolute atomic E-state index is 0.235. The van der Waals surface area contributed by atoms with Crippen LogP contribution in [0.4, 0.5) is 8.78 Å². The molecule has 1 aliphatic rings. The van der Waals surface area contributed by atoms with Crippen molar-refractivity contribution in [3.8, 4) is 17.9 Å². The molecule has 1 saturated carbocycles. The number of halogens is 2. The molecule has 0 unspecified atom stereocenters. The lowest BCUT2D eigenvalue weighted by Gasteiger charge is -2.27. The van der Waals surface area contributed by atoms with Crippen molar-refractivity contribution >= 4 is 0 Å². The van der Waals surface area contributed by atoms with Gasteiger partial charge in [0.1, 0.15) is 23.3 Å². The van der Waals surface area contributed by atoms with Crippen molar-refractivity contribution in [1.82, 2.24) is 0 Å². The van der Waals surface area contributed by atoms with Gasteiger partial charge in [-0.25, -0.2) is 8.78 Å². The summed E-state index contributed by atoms with van der Waals surface area (Å²) < 4.78 is 27.2. The van der Waals surface area contributed by atoms with E-state index < -0.39 is 17.2 Å². The van der Waals surface area contributed by atoms with E-state index in [-0.39, 0.29) is 5.56 Å². The summed E-state index contributed by atoms with van der Waals surface area (Å²) in [5.74, 6) is 4.98. The van der Waals surface area contributed by atoms with Crippen LogP contribution in [0.5, 0.6) is 0 Å². The van der Waals surface area contributed by atoms with Crippen LogP contribution in [0.15, 0.2) is 48.6 Å². The van der Waals surface area contributed by atoms with Gasteiger partial charge in [-0.2, -0.15) is 5.26 Å². The minimum atomic E-state index is -0.873. The van der Waals surface area contributed by atoms with Gasteiger partial charge in [0.15, 0.2) is 0 Å². The topological polar surface area (TPSA) is 23.8 Å². The van der Waals surface area contributed by atoms with Gasteiger partial charge in [-0.1, -0.05) is 55.5 Å². The molecule has 3 rings (SSSR count). The quantitative estimate of drug-likeness (QED) is 0.536. The molecule has 0 atom stereocenters. The number of benzene rings is 2. The Balaban J connectivity index is 1.53. The minimum Gasteiger partial charge on any atom is -0.205 e. The first-order valence-electron chi connectivity index (χ1n) is 10.3. The summed E-state index contributed by atoms with van der Waals surface area (Å²) in [7, 11) is 0. The van der Waals surface area contributed by atoms with E-state index in [9.17, 15) is 8.78 Å². The summed E-state index contributed by atoms with van der Waals surface area (Å²) >= 11 is 0. The molecule has 0 aliphatic heterocycles. The highest BCUT2D eigenvalue weighted by Crippen LogP contribution is 2.36. The summed E-state index contributed by atoms with van der Waals surface area (Å²) in [4.78, 5) is 0. The molecular formula is C26H25F2N. The standard InChI is InChI=1S/C26H25F2N/c1-2-5-19-8-12-22(13-9-19)23-14-10-20(11-15-23)6-3-4-7-21-16-25(27)24(18-29)26(28)17-21/h3,6,8-9,12-13,16-17,20,23H,2,5,10-11,14-15H2,1H3/b6-3+. The third-order valence-electron chi connectivity index (χ3n) is 5.58. The van der Waals surface area contributed by atoms with Crippen molar-refractivity contribution in [1.29, 1.82) is 5.26 Å². The fourth-order valence-corrected chi connectivity index (χ4v) is 3.95. The molecule has 1 aliphatic carbocycles. The van der Waals surface area contributed by atoms with Gasteiger partial charge in [0.2, 0.25) is 0 Å². The molecule has 1 fully saturated rings. The first-order valence-corrected chi connectivity index (χ1v) is 10.3. The molecular weight excluding hydrogens is 364 g/mol. The highest BCUT2D eigenvalue weighted by molar-refractivity contribution is 5.43. The van der Waals surface area contributed by atoms with Crippen LogP contribution in [0.2, 0.25) is 0 Å². The first kappa shape index (κ1) is 20.8. The number of hydrogen-bond acceptors (Lipinski definition) is 1. The average molecular weight is 389 g/mol. The second-order valence-corrected chi connectivity index (χ2v) is 7.66. The van der Waals surface area contributed by atoms with Crippen LogP contribution in [0.3, 0.4) is 0 Å². The summed E-state index contributed by atoms with van der Waals surface area (Å²) in [5, 5.41) is 8.70. The summed E-state index contributed by atoms with van der Waals surface area (Å²) in [6.45, 7) is 2.20. The van der Waals surface area contributed by atoms with Gasteiger partial charge in [-0.3, -0.25) is 0 Å². The maximum Gasteiger partial charge on any atom is 0.145 e. The smallest absolute Gasteiger partial charge is 0.145 e. The predicted molar refractivity (Wildman–Crippen MR) is 112 cm³/mol. The van der Waals surface area contributed by atoms with Gasteiger partial charge in [-0.05, 0) is 73.3 Å². The fourth-order valence-electron chi connectivity index (χ4n) is 3.95. The Morgan fingerprint density at radius 2 is 1.69 bits per heavy atom. The Bertz CT molecular complexity index is 939. The van der Waals surface area contributed by atoms with E-state index in [1.807, 2.05) is 0 Å².